The summed E-state index contributed by atoms with van der Waals surface area (Å²) in [6.45, 7) is 5.23. The molecule has 1 aliphatic carbocycles. The van der Waals surface area contributed by atoms with E-state index in [1.165, 1.54) is 17.7 Å². The van der Waals surface area contributed by atoms with E-state index in [1.807, 2.05) is 4.90 Å². The van der Waals surface area contributed by atoms with Crippen LogP contribution in [0.15, 0.2) is 20.9 Å². The predicted molar refractivity (Wildman–Crippen MR) is 107 cm³/mol. The summed E-state index contributed by atoms with van der Waals surface area (Å²) in [6, 6.07) is 4.44. The topological polar surface area (TPSA) is 56.7 Å². The molecule has 2 N–H and O–H groups in total. The zero-order valence-corrected chi connectivity index (χ0v) is 17.2. The molecule has 5 nitrogen and oxygen atoms in total. The number of carbonyl (C=O) groups excluding carboxylic acids is 1. The Morgan fingerprint density at radius 1 is 1.36 bits per heavy atom. The van der Waals surface area contributed by atoms with Crippen LogP contribution in [0.25, 0.3) is 0 Å². The minimum absolute atomic E-state index is 0.276. The van der Waals surface area contributed by atoms with E-state index < -0.39 is 0 Å². The Labute approximate surface area is 162 Å². The van der Waals surface area contributed by atoms with Crippen LogP contribution in [-0.4, -0.2) is 42.4 Å². The molecule has 1 saturated carbocycles. The molecular formula is C18H27BrN4OS. The number of rotatable bonds is 5. The Morgan fingerprint density at radius 3 is 2.84 bits per heavy atom. The summed E-state index contributed by atoms with van der Waals surface area (Å²) in [4.78, 5) is 20.5. The van der Waals surface area contributed by atoms with Crippen LogP contribution in [0.2, 0.25) is 0 Å². The molecule has 0 spiro atoms. The lowest BCUT2D eigenvalue weighted by Gasteiger charge is -2.21. The van der Waals surface area contributed by atoms with Gasteiger partial charge in [0.15, 0.2) is 5.96 Å². The van der Waals surface area contributed by atoms with Crippen molar-refractivity contribution in [3.8, 4) is 0 Å². The smallest absolute Gasteiger partial charge is 0.225 e. The van der Waals surface area contributed by atoms with E-state index in [-0.39, 0.29) is 5.92 Å². The fraction of sp³-hybridized carbons (Fsp3) is 0.667. The largest absolute Gasteiger partial charge is 0.357 e. The molecule has 138 valence electrons. The average molecular weight is 427 g/mol. The molecular weight excluding hydrogens is 400 g/mol. The van der Waals surface area contributed by atoms with Gasteiger partial charge in [-0.2, -0.15) is 0 Å². The van der Waals surface area contributed by atoms with Crippen LogP contribution in [0.4, 0.5) is 0 Å². The van der Waals surface area contributed by atoms with E-state index >= 15 is 0 Å². The zero-order chi connectivity index (χ0) is 17.6. The SMILES string of the molecule is CCNC(=NCc1ccc(Br)s1)NC1CCN(C(=O)C2CCCC2)C1. The van der Waals surface area contributed by atoms with E-state index in [2.05, 4.69) is 50.6 Å². The molecule has 0 radical (unpaired) electrons. The van der Waals surface area contributed by atoms with Crippen LogP contribution in [0.3, 0.4) is 0 Å². The highest BCUT2D eigenvalue weighted by Gasteiger charge is 2.32. The van der Waals surface area contributed by atoms with Gasteiger partial charge in [-0.1, -0.05) is 12.8 Å². The monoisotopic (exact) mass is 426 g/mol. The lowest BCUT2D eigenvalue weighted by molar-refractivity contribution is -0.134. The summed E-state index contributed by atoms with van der Waals surface area (Å²) in [7, 11) is 0. The Morgan fingerprint density at radius 2 is 2.16 bits per heavy atom. The fourth-order valence-corrected chi connectivity index (χ4v) is 5.02. The number of carbonyl (C=O) groups is 1. The van der Waals surface area contributed by atoms with Crippen molar-refractivity contribution in [1.29, 1.82) is 0 Å². The molecule has 1 unspecified atom stereocenters. The normalized spacial score (nSPS) is 21.8. The zero-order valence-electron chi connectivity index (χ0n) is 14.8. The summed E-state index contributed by atoms with van der Waals surface area (Å²) in [5.74, 6) is 1.48. The molecule has 0 bridgehead atoms. The van der Waals surface area contributed by atoms with Gasteiger partial charge in [-0.15, -0.1) is 11.3 Å². The van der Waals surface area contributed by atoms with Gasteiger partial charge in [-0.25, -0.2) is 4.99 Å². The van der Waals surface area contributed by atoms with Gasteiger partial charge < -0.3 is 15.5 Å². The van der Waals surface area contributed by atoms with Gasteiger partial charge in [0.05, 0.1) is 10.3 Å². The third kappa shape index (κ3) is 5.20. The Hall–Kier alpha value is -1.08. The summed E-state index contributed by atoms with van der Waals surface area (Å²) >= 11 is 5.20. The van der Waals surface area contributed by atoms with Crippen LogP contribution >= 0.6 is 27.3 Å². The molecule has 0 aromatic carbocycles. The van der Waals surface area contributed by atoms with E-state index in [4.69, 9.17) is 0 Å². The lowest BCUT2D eigenvalue weighted by Crippen LogP contribution is -2.45. The number of aliphatic imine (C=N–C) groups is 1. The summed E-state index contributed by atoms with van der Waals surface area (Å²) < 4.78 is 1.13. The van der Waals surface area contributed by atoms with Crippen molar-refractivity contribution in [1.82, 2.24) is 15.5 Å². The first-order valence-electron chi connectivity index (χ1n) is 9.23. The summed E-state index contributed by atoms with van der Waals surface area (Å²) in [6.07, 6.45) is 5.57. The highest BCUT2D eigenvalue weighted by atomic mass is 79.9. The maximum Gasteiger partial charge on any atom is 0.225 e. The minimum atomic E-state index is 0.276. The number of nitrogens with one attached hydrogen (secondary N) is 2. The first-order valence-corrected chi connectivity index (χ1v) is 10.8. The third-order valence-electron chi connectivity index (χ3n) is 4.91. The molecule has 25 heavy (non-hydrogen) atoms. The number of thiophene rings is 1. The molecule has 1 atom stereocenters. The van der Waals surface area contributed by atoms with Crippen molar-refractivity contribution in [3.05, 3.63) is 20.8 Å². The van der Waals surface area contributed by atoms with Gasteiger partial charge in [0.1, 0.15) is 0 Å². The first kappa shape index (κ1) is 18.7. The van der Waals surface area contributed by atoms with Gasteiger partial charge in [-0.05, 0) is 54.2 Å². The Kier molecular flexibility index (Phi) is 6.76. The number of guanidine groups is 1. The Bertz CT molecular complexity index is 612. The maximum absolute atomic E-state index is 12.6. The molecule has 1 amide bonds. The van der Waals surface area contributed by atoms with E-state index in [0.29, 0.717) is 18.5 Å². The van der Waals surface area contributed by atoms with Gasteiger partial charge in [0.25, 0.3) is 0 Å². The molecule has 7 heteroatoms. The average Bonchev–Trinajstić information content (AvgIpc) is 3.34. The number of halogens is 1. The summed E-state index contributed by atoms with van der Waals surface area (Å²) in [5.41, 5.74) is 0. The standard InChI is InChI=1S/C18H27BrN4OS/c1-2-20-18(21-11-15-7-8-16(19)25-15)22-14-9-10-23(12-14)17(24)13-5-3-4-6-13/h7-8,13-14H,2-6,9-12H2,1H3,(H2,20,21,22). The second-order valence-corrected chi connectivity index (χ2v) is 9.34. The van der Waals surface area contributed by atoms with Crippen LogP contribution in [0.5, 0.6) is 0 Å². The van der Waals surface area contributed by atoms with Crippen molar-refractivity contribution >= 4 is 39.1 Å². The van der Waals surface area contributed by atoms with Crippen molar-refractivity contribution in [2.24, 2.45) is 10.9 Å². The highest BCUT2D eigenvalue weighted by Crippen LogP contribution is 2.28. The summed E-state index contributed by atoms with van der Waals surface area (Å²) in [5, 5.41) is 6.82. The van der Waals surface area contributed by atoms with Gasteiger partial charge >= 0.3 is 0 Å². The number of hydrogen-bond donors (Lipinski definition) is 2. The Balaban J connectivity index is 1.52. The van der Waals surface area contributed by atoms with E-state index in [1.54, 1.807) is 11.3 Å². The van der Waals surface area contributed by atoms with E-state index in [0.717, 1.165) is 48.6 Å². The molecule has 1 aromatic rings. The van der Waals surface area contributed by atoms with Crippen molar-refractivity contribution in [2.75, 3.05) is 19.6 Å². The van der Waals surface area contributed by atoms with Gasteiger partial charge in [0.2, 0.25) is 5.91 Å². The minimum Gasteiger partial charge on any atom is -0.357 e. The van der Waals surface area contributed by atoms with Crippen molar-refractivity contribution in [3.63, 3.8) is 0 Å². The first-order chi connectivity index (χ1) is 12.2. The molecule has 2 fully saturated rings. The number of hydrogen-bond acceptors (Lipinski definition) is 3. The van der Waals surface area contributed by atoms with Crippen LogP contribution in [0.1, 0.15) is 43.9 Å². The quantitative estimate of drug-likeness (QED) is 0.560. The molecule has 1 aromatic heterocycles. The second kappa shape index (κ2) is 9.03. The molecule has 1 saturated heterocycles. The van der Waals surface area contributed by atoms with Crippen LogP contribution < -0.4 is 10.6 Å². The second-order valence-electron chi connectivity index (χ2n) is 6.80. The van der Waals surface area contributed by atoms with Gasteiger partial charge in [-0.3, -0.25) is 4.79 Å². The molecule has 2 aliphatic rings. The molecule has 3 rings (SSSR count). The fourth-order valence-electron chi connectivity index (χ4n) is 3.62. The van der Waals surface area contributed by atoms with Crippen LogP contribution in [-0.2, 0) is 11.3 Å². The van der Waals surface area contributed by atoms with Gasteiger partial charge in [0, 0.05) is 36.5 Å². The van der Waals surface area contributed by atoms with Crippen molar-refractivity contribution in [2.45, 2.75) is 51.6 Å². The van der Waals surface area contributed by atoms with E-state index in [9.17, 15) is 4.79 Å². The van der Waals surface area contributed by atoms with Crippen LogP contribution in [0, 0.1) is 5.92 Å². The maximum atomic E-state index is 12.6. The lowest BCUT2D eigenvalue weighted by atomic mass is 10.1. The number of nitrogens with zero attached hydrogens (tertiary/aromatic N) is 2. The third-order valence-corrected chi connectivity index (χ3v) is 6.52. The number of amides is 1. The molecule has 2 heterocycles. The predicted octanol–water partition coefficient (Wildman–Crippen LogP) is 3.36. The van der Waals surface area contributed by atoms with Crippen molar-refractivity contribution < 1.29 is 4.79 Å². The number of likely N-dealkylation sites (tertiary alicyclic amines) is 1. The molecule has 1 aliphatic heterocycles. The highest BCUT2D eigenvalue weighted by molar-refractivity contribution is 9.11.